The number of carbonyl (C=O) groups is 1. The van der Waals surface area contributed by atoms with Crippen LogP contribution in [-0.2, 0) is 10.2 Å². The van der Waals surface area contributed by atoms with Gasteiger partial charge in [-0.1, -0.05) is 24.1 Å². The standard InChI is InChI=1S/C13H16ClNO2/c1-15(2)11-8-9(4-5-10(11)14)13(12(16)17)6-3-7-13/h4-5,8H,3,6-7H2,1-2H3,(H,16,17). The quantitative estimate of drug-likeness (QED) is 0.901. The van der Waals surface area contributed by atoms with Crippen LogP contribution in [0.2, 0.25) is 5.02 Å². The number of hydrogen-bond acceptors (Lipinski definition) is 2. The average molecular weight is 254 g/mol. The summed E-state index contributed by atoms with van der Waals surface area (Å²) in [7, 11) is 3.80. The first-order valence-corrected chi connectivity index (χ1v) is 6.06. The van der Waals surface area contributed by atoms with Gasteiger partial charge in [-0.05, 0) is 30.5 Å². The van der Waals surface area contributed by atoms with Gasteiger partial charge >= 0.3 is 5.97 Å². The van der Waals surface area contributed by atoms with Crippen LogP contribution in [-0.4, -0.2) is 25.2 Å². The van der Waals surface area contributed by atoms with Crippen molar-refractivity contribution in [2.45, 2.75) is 24.7 Å². The van der Waals surface area contributed by atoms with Crippen LogP contribution >= 0.6 is 11.6 Å². The van der Waals surface area contributed by atoms with Crippen LogP contribution in [0.15, 0.2) is 18.2 Å². The van der Waals surface area contributed by atoms with Gasteiger partial charge in [0, 0.05) is 14.1 Å². The summed E-state index contributed by atoms with van der Waals surface area (Å²) in [5.41, 5.74) is 1.05. The van der Waals surface area contributed by atoms with Crippen LogP contribution < -0.4 is 4.90 Å². The number of halogens is 1. The predicted molar refractivity (Wildman–Crippen MR) is 68.9 cm³/mol. The van der Waals surface area contributed by atoms with Crippen LogP contribution in [0, 0.1) is 0 Å². The van der Waals surface area contributed by atoms with E-state index in [0.717, 1.165) is 30.5 Å². The molecule has 1 aliphatic rings. The molecule has 0 radical (unpaired) electrons. The molecule has 0 aromatic heterocycles. The summed E-state index contributed by atoms with van der Waals surface area (Å²) < 4.78 is 0. The van der Waals surface area contributed by atoms with Crippen molar-refractivity contribution < 1.29 is 9.90 Å². The van der Waals surface area contributed by atoms with Gasteiger partial charge in [-0.2, -0.15) is 0 Å². The molecule has 0 heterocycles. The topological polar surface area (TPSA) is 40.5 Å². The molecule has 0 atom stereocenters. The van der Waals surface area contributed by atoms with Gasteiger partial charge in [0.15, 0.2) is 0 Å². The van der Waals surface area contributed by atoms with Crippen molar-refractivity contribution in [2.75, 3.05) is 19.0 Å². The van der Waals surface area contributed by atoms with Gasteiger partial charge in [-0.3, -0.25) is 4.79 Å². The lowest BCUT2D eigenvalue weighted by Gasteiger charge is -2.38. The van der Waals surface area contributed by atoms with E-state index in [1.165, 1.54) is 0 Å². The Hall–Kier alpha value is -1.22. The molecule has 1 aromatic carbocycles. The first kappa shape index (κ1) is 12.2. The first-order chi connectivity index (χ1) is 7.97. The second kappa shape index (κ2) is 4.22. The fourth-order valence-corrected chi connectivity index (χ4v) is 2.60. The maximum atomic E-state index is 11.4. The van der Waals surface area contributed by atoms with E-state index in [-0.39, 0.29) is 0 Å². The fraction of sp³-hybridized carbons (Fsp3) is 0.462. The number of benzene rings is 1. The average Bonchev–Trinajstić information content (AvgIpc) is 2.17. The van der Waals surface area contributed by atoms with E-state index in [2.05, 4.69) is 0 Å². The third-order valence-corrected chi connectivity index (χ3v) is 3.92. The van der Waals surface area contributed by atoms with Gasteiger partial charge in [-0.15, -0.1) is 0 Å². The van der Waals surface area contributed by atoms with Crippen molar-refractivity contribution in [1.29, 1.82) is 0 Å². The Morgan fingerprint density at radius 2 is 2.06 bits per heavy atom. The maximum Gasteiger partial charge on any atom is 0.314 e. The van der Waals surface area contributed by atoms with E-state index in [1.54, 1.807) is 6.07 Å². The Bertz CT molecular complexity index is 453. The number of nitrogens with zero attached hydrogens (tertiary/aromatic N) is 1. The molecule has 1 N–H and O–H groups in total. The van der Waals surface area contributed by atoms with Gasteiger partial charge < -0.3 is 10.0 Å². The van der Waals surface area contributed by atoms with E-state index < -0.39 is 11.4 Å². The summed E-state index contributed by atoms with van der Waals surface area (Å²) in [6.07, 6.45) is 2.42. The van der Waals surface area contributed by atoms with Crippen LogP contribution in [0.1, 0.15) is 24.8 Å². The lowest BCUT2D eigenvalue weighted by Crippen LogP contribution is -2.42. The van der Waals surface area contributed by atoms with Gasteiger partial charge in [0.1, 0.15) is 0 Å². The summed E-state index contributed by atoms with van der Waals surface area (Å²) in [4.78, 5) is 13.3. The van der Waals surface area contributed by atoms with E-state index in [4.69, 9.17) is 11.6 Å². The molecule has 0 aliphatic heterocycles. The largest absolute Gasteiger partial charge is 0.481 e. The highest BCUT2D eigenvalue weighted by molar-refractivity contribution is 6.33. The molecule has 1 saturated carbocycles. The van der Waals surface area contributed by atoms with Crippen molar-refractivity contribution in [1.82, 2.24) is 0 Å². The molecule has 1 aliphatic carbocycles. The lowest BCUT2D eigenvalue weighted by molar-refractivity contribution is -0.147. The Morgan fingerprint density at radius 1 is 1.41 bits per heavy atom. The zero-order chi connectivity index (χ0) is 12.6. The molecule has 92 valence electrons. The highest BCUT2D eigenvalue weighted by Gasteiger charge is 2.46. The monoisotopic (exact) mass is 253 g/mol. The van der Waals surface area contributed by atoms with Gasteiger partial charge in [-0.25, -0.2) is 0 Å². The Labute approximate surface area is 106 Å². The molecule has 0 bridgehead atoms. The third kappa shape index (κ3) is 1.89. The van der Waals surface area contributed by atoms with E-state index in [9.17, 15) is 9.90 Å². The van der Waals surface area contributed by atoms with Crippen molar-refractivity contribution in [3.63, 3.8) is 0 Å². The second-order valence-electron chi connectivity index (χ2n) is 4.80. The summed E-state index contributed by atoms with van der Waals surface area (Å²) in [6.45, 7) is 0. The highest BCUT2D eigenvalue weighted by atomic mass is 35.5. The summed E-state index contributed by atoms with van der Waals surface area (Å²) >= 11 is 6.09. The molecule has 0 spiro atoms. The van der Waals surface area contributed by atoms with Gasteiger partial charge in [0.2, 0.25) is 0 Å². The molecule has 1 aromatic rings. The molecule has 17 heavy (non-hydrogen) atoms. The van der Waals surface area contributed by atoms with Crippen LogP contribution in [0.5, 0.6) is 0 Å². The number of carboxylic acids is 1. The maximum absolute atomic E-state index is 11.4. The van der Waals surface area contributed by atoms with Crippen molar-refractivity contribution in [2.24, 2.45) is 0 Å². The molecule has 1 fully saturated rings. The smallest absolute Gasteiger partial charge is 0.314 e. The van der Waals surface area contributed by atoms with Crippen LogP contribution in [0.3, 0.4) is 0 Å². The molecule has 2 rings (SSSR count). The molecular weight excluding hydrogens is 238 g/mol. The number of anilines is 1. The summed E-state index contributed by atoms with van der Waals surface area (Å²) in [5, 5.41) is 10.0. The van der Waals surface area contributed by atoms with E-state index in [0.29, 0.717) is 5.02 Å². The van der Waals surface area contributed by atoms with Crippen LogP contribution in [0.25, 0.3) is 0 Å². The number of carboxylic acid groups (broad SMARTS) is 1. The zero-order valence-corrected chi connectivity index (χ0v) is 10.8. The fourth-order valence-electron chi connectivity index (χ4n) is 2.31. The van der Waals surface area contributed by atoms with Crippen molar-refractivity contribution in [3.05, 3.63) is 28.8 Å². The summed E-state index contributed by atoms with van der Waals surface area (Å²) in [5.74, 6) is -0.726. The first-order valence-electron chi connectivity index (χ1n) is 5.68. The molecule has 0 unspecified atom stereocenters. The third-order valence-electron chi connectivity index (χ3n) is 3.60. The Balaban J connectivity index is 2.46. The highest BCUT2D eigenvalue weighted by Crippen LogP contribution is 2.45. The second-order valence-corrected chi connectivity index (χ2v) is 5.21. The minimum Gasteiger partial charge on any atom is -0.481 e. The molecule has 0 saturated heterocycles. The molecule has 3 nitrogen and oxygen atoms in total. The lowest BCUT2D eigenvalue weighted by atomic mass is 9.64. The van der Waals surface area contributed by atoms with Crippen molar-refractivity contribution >= 4 is 23.3 Å². The Kier molecular flexibility index (Phi) is 3.04. The minimum absolute atomic E-state index is 0.651. The van der Waals surface area contributed by atoms with Gasteiger partial charge in [0.05, 0.1) is 16.1 Å². The Morgan fingerprint density at radius 3 is 2.47 bits per heavy atom. The number of hydrogen-bond donors (Lipinski definition) is 1. The molecule has 0 amide bonds. The molecule has 4 heteroatoms. The summed E-state index contributed by atoms with van der Waals surface area (Å²) in [6, 6.07) is 5.52. The van der Waals surface area contributed by atoms with E-state index in [1.807, 2.05) is 31.1 Å². The molecular formula is C13H16ClNO2. The van der Waals surface area contributed by atoms with Gasteiger partial charge in [0.25, 0.3) is 0 Å². The van der Waals surface area contributed by atoms with Crippen LogP contribution in [0.4, 0.5) is 5.69 Å². The van der Waals surface area contributed by atoms with Crippen molar-refractivity contribution in [3.8, 4) is 0 Å². The predicted octanol–water partition coefficient (Wildman–Crippen LogP) is 2.91. The number of aliphatic carboxylic acids is 1. The number of rotatable bonds is 3. The minimum atomic E-state index is -0.726. The normalized spacial score (nSPS) is 17.4. The zero-order valence-electron chi connectivity index (χ0n) is 10.0. The SMILES string of the molecule is CN(C)c1cc(C2(C(=O)O)CCC2)ccc1Cl. The van der Waals surface area contributed by atoms with E-state index >= 15 is 0 Å².